The third-order valence-corrected chi connectivity index (χ3v) is 9.37. The van der Waals surface area contributed by atoms with Gasteiger partial charge in [0.1, 0.15) is 31.2 Å². The van der Waals surface area contributed by atoms with E-state index in [0.29, 0.717) is 40.3 Å². The van der Waals surface area contributed by atoms with Crippen LogP contribution >= 0.6 is 0 Å². The zero-order chi connectivity index (χ0) is 40.6. The van der Waals surface area contributed by atoms with Gasteiger partial charge < -0.3 is 18.9 Å². The Morgan fingerprint density at radius 1 is 0.707 bits per heavy atom. The molecule has 9 nitrogen and oxygen atoms in total. The molecule has 9 heteroatoms. The van der Waals surface area contributed by atoms with Crippen LogP contribution in [0.5, 0.6) is 11.6 Å². The number of hydrogen-bond donors (Lipinski definition) is 0. The summed E-state index contributed by atoms with van der Waals surface area (Å²) in [5, 5.41) is 0.751. The Balaban J connectivity index is 1.40. The lowest BCUT2D eigenvalue weighted by Crippen LogP contribution is -2.27. The van der Waals surface area contributed by atoms with E-state index in [1.807, 2.05) is 155 Å². The van der Waals surface area contributed by atoms with Crippen molar-refractivity contribution in [3.63, 3.8) is 0 Å². The summed E-state index contributed by atoms with van der Waals surface area (Å²) in [5.74, 6) is -0.226. The lowest BCUT2D eigenvalue weighted by molar-refractivity contribution is 0.0459. The fourth-order valence-corrected chi connectivity index (χ4v) is 6.63. The zero-order valence-electron chi connectivity index (χ0n) is 32.9. The molecule has 0 unspecified atom stereocenters. The molecule has 0 spiro atoms. The van der Waals surface area contributed by atoms with Crippen LogP contribution in [0.1, 0.15) is 60.3 Å². The Morgan fingerprint density at radius 3 is 1.84 bits per heavy atom. The minimum atomic E-state index is -0.741. The maximum absolute atomic E-state index is 14.3. The normalized spacial score (nSPS) is 11.2. The standard InChI is InChI=1S/C49H43N3O6/c1-6-40-44(37-24-27-41-38(28-37)29-42(36-22-25-39(50-5)26-23-36)52(41)48(54)58-49(2,3)4)51-46(56-31-34-18-12-8-13-19-34)43(45(40)55-30-33-16-10-7-11-17-33)47(53)57-32-35-20-14-9-15-21-35/h7-29H,6,30-32H2,1-4H3. The molecule has 0 amide bonds. The van der Waals surface area contributed by atoms with Gasteiger partial charge in [-0.05, 0) is 67.6 Å². The smallest absolute Gasteiger partial charge is 0.419 e. The van der Waals surface area contributed by atoms with Crippen LogP contribution in [0.25, 0.3) is 38.3 Å². The molecule has 0 aliphatic rings. The summed E-state index contributed by atoms with van der Waals surface area (Å²) in [6, 6.07) is 43.6. The van der Waals surface area contributed by atoms with Crippen molar-refractivity contribution in [2.75, 3.05) is 0 Å². The summed E-state index contributed by atoms with van der Waals surface area (Å²) in [7, 11) is 0. The average molecular weight is 770 g/mol. The molecule has 0 saturated carbocycles. The van der Waals surface area contributed by atoms with Crippen LogP contribution in [0.3, 0.4) is 0 Å². The first-order valence-corrected chi connectivity index (χ1v) is 19.1. The SMILES string of the molecule is [C-]#[N+]c1ccc(-c2cc3cc(-c4nc(OCc5ccccc5)c(C(=O)OCc5ccccc5)c(OCc5ccccc5)c4CC)ccc3n2C(=O)OC(C)(C)C)cc1. The first-order chi connectivity index (χ1) is 28.1. The monoisotopic (exact) mass is 769 g/mol. The molecule has 5 aromatic carbocycles. The predicted octanol–water partition coefficient (Wildman–Crippen LogP) is 11.8. The highest BCUT2D eigenvalue weighted by Gasteiger charge is 2.30. The molecule has 2 heterocycles. The van der Waals surface area contributed by atoms with Crippen molar-refractivity contribution >= 4 is 28.7 Å². The van der Waals surface area contributed by atoms with E-state index in [2.05, 4.69) is 4.85 Å². The number of carbonyl (C=O) groups excluding carboxylic acids is 2. The predicted molar refractivity (Wildman–Crippen MR) is 225 cm³/mol. The second-order valence-corrected chi connectivity index (χ2v) is 14.7. The fourth-order valence-electron chi connectivity index (χ4n) is 6.63. The molecule has 7 rings (SSSR count). The van der Waals surface area contributed by atoms with E-state index < -0.39 is 17.7 Å². The number of esters is 1. The van der Waals surface area contributed by atoms with E-state index in [4.69, 9.17) is 30.5 Å². The highest BCUT2D eigenvalue weighted by Crippen LogP contribution is 2.41. The number of ether oxygens (including phenoxy) is 4. The van der Waals surface area contributed by atoms with Crippen LogP contribution in [0.4, 0.5) is 10.5 Å². The van der Waals surface area contributed by atoms with Gasteiger partial charge in [-0.1, -0.05) is 128 Å². The van der Waals surface area contributed by atoms with Crippen molar-refractivity contribution in [1.82, 2.24) is 9.55 Å². The van der Waals surface area contributed by atoms with Crippen LogP contribution in [0, 0.1) is 6.57 Å². The number of rotatable bonds is 12. The molecule has 0 radical (unpaired) electrons. The van der Waals surface area contributed by atoms with Gasteiger partial charge in [-0.3, -0.25) is 0 Å². The summed E-state index contributed by atoms with van der Waals surface area (Å²) < 4.78 is 26.4. The minimum Gasteiger partial charge on any atom is -0.487 e. The van der Waals surface area contributed by atoms with Gasteiger partial charge in [0.2, 0.25) is 5.88 Å². The number of fused-ring (bicyclic) bond motifs is 1. The molecule has 2 aromatic heterocycles. The lowest BCUT2D eigenvalue weighted by atomic mass is 9.99. The molecular weight excluding hydrogens is 727 g/mol. The van der Waals surface area contributed by atoms with E-state index >= 15 is 0 Å². The summed E-state index contributed by atoms with van der Waals surface area (Å²) in [5.41, 5.74) is 6.45. The lowest BCUT2D eigenvalue weighted by Gasteiger charge is -2.21. The largest absolute Gasteiger partial charge is 0.487 e. The number of pyridine rings is 1. The van der Waals surface area contributed by atoms with Crippen molar-refractivity contribution in [1.29, 1.82) is 0 Å². The maximum atomic E-state index is 14.3. The Labute approximate surface area is 338 Å². The molecule has 290 valence electrons. The van der Waals surface area contributed by atoms with Crippen LogP contribution in [-0.2, 0) is 35.7 Å². The van der Waals surface area contributed by atoms with Gasteiger partial charge in [-0.2, -0.15) is 0 Å². The third kappa shape index (κ3) is 8.93. The Hall–Kier alpha value is -7.18. The molecule has 0 atom stereocenters. The molecule has 0 aliphatic heterocycles. The van der Waals surface area contributed by atoms with Crippen molar-refractivity contribution in [3.8, 4) is 34.1 Å². The van der Waals surface area contributed by atoms with Crippen molar-refractivity contribution in [3.05, 3.63) is 179 Å². The molecule has 7 aromatic rings. The summed E-state index contributed by atoms with van der Waals surface area (Å²) >= 11 is 0. The Kier molecular flexibility index (Phi) is 11.7. The minimum absolute atomic E-state index is 0.0490. The highest BCUT2D eigenvalue weighted by molar-refractivity contribution is 5.99. The van der Waals surface area contributed by atoms with Gasteiger partial charge in [0, 0.05) is 16.5 Å². The van der Waals surface area contributed by atoms with Crippen molar-refractivity contribution in [2.45, 2.75) is 59.5 Å². The second kappa shape index (κ2) is 17.3. The average Bonchev–Trinajstić information content (AvgIpc) is 3.63. The maximum Gasteiger partial charge on any atom is 0.419 e. The molecule has 0 bridgehead atoms. The fraction of sp³-hybridized carbons (Fsp3) is 0.184. The van der Waals surface area contributed by atoms with Gasteiger partial charge in [0.15, 0.2) is 11.3 Å². The number of hydrogen-bond acceptors (Lipinski definition) is 7. The van der Waals surface area contributed by atoms with Gasteiger partial charge in [-0.15, -0.1) is 0 Å². The zero-order valence-corrected chi connectivity index (χ0v) is 32.9. The van der Waals surface area contributed by atoms with E-state index in [-0.39, 0.29) is 31.3 Å². The quantitative estimate of drug-likeness (QED) is 0.0902. The molecular formula is C49H43N3O6. The summed E-state index contributed by atoms with van der Waals surface area (Å²) in [6.07, 6.45) is -0.0709. The third-order valence-electron chi connectivity index (χ3n) is 9.37. The molecule has 58 heavy (non-hydrogen) atoms. The summed E-state index contributed by atoms with van der Waals surface area (Å²) in [6.45, 7) is 15.3. The molecule has 0 saturated heterocycles. The van der Waals surface area contributed by atoms with Crippen LogP contribution < -0.4 is 9.47 Å². The van der Waals surface area contributed by atoms with Crippen LogP contribution in [0.15, 0.2) is 140 Å². The molecule has 0 aliphatic carbocycles. The number of benzene rings is 5. The van der Waals surface area contributed by atoms with E-state index in [9.17, 15) is 9.59 Å². The van der Waals surface area contributed by atoms with Gasteiger partial charge in [0.05, 0.1) is 23.5 Å². The second-order valence-electron chi connectivity index (χ2n) is 14.7. The van der Waals surface area contributed by atoms with Crippen LogP contribution in [0.2, 0.25) is 0 Å². The number of nitrogens with zero attached hydrogens (tertiary/aromatic N) is 3. The van der Waals surface area contributed by atoms with Crippen molar-refractivity contribution in [2.24, 2.45) is 0 Å². The first-order valence-electron chi connectivity index (χ1n) is 19.1. The van der Waals surface area contributed by atoms with Gasteiger partial charge in [0.25, 0.3) is 0 Å². The van der Waals surface area contributed by atoms with Crippen molar-refractivity contribution < 1.29 is 28.5 Å². The topological polar surface area (TPSA) is 93.2 Å². The van der Waals surface area contributed by atoms with E-state index in [0.717, 1.165) is 33.2 Å². The van der Waals surface area contributed by atoms with Crippen LogP contribution in [-0.4, -0.2) is 27.2 Å². The van der Waals surface area contributed by atoms with Gasteiger partial charge >= 0.3 is 12.1 Å². The van der Waals surface area contributed by atoms with E-state index in [1.165, 1.54) is 0 Å². The van der Waals surface area contributed by atoms with E-state index in [1.54, 1.807) is 16.7 Å². The first kappa shape index (κ1) is 39.1. The Morgan fingerprint density at radius 2 is 1.28 bits per heavy atom. The highest BCUT2D eigenvalue weighted by atomic mass is 16.6. The number of carbonyl (C=O) groups is 2. The number of aromatic nitrogens is 2. The van der Waals surface area contributed by atoms with Gasteiger partial charge in [-0.25, -0.2) is 24.0 Å². The molecule has 0 fully saturated rings. The Bertz CT molecular complexity index is 2590. The summed E-state index contributed by atoms with van der Waals surface area (Å²) in [4.78, 5) is 36.7. The molecule has 0 N–H and O–H groups in total.